The third kappa shape index (κ3) is 3.53. The molecule has 17 heavy (non-hydrogen) atoms. The van der Waals surface area contributed by atoms with E-state index in [4.69, 9.17) is 11.6 Å². The Morgan fingerprint density at radius 1 is 1.24 bits per heavy atom. The number of thiophene rings is 1. The van der Waals surface area contributed by atoms with Crippen LogP contribution in [-0.2, 0) is 13.1 Å². The van der Waals surface area contributed by atoms with Crippen LogP contribution >= 0.6 is 22.9 Å². The van der Waals surface area contributed by atoms with Gasteiger partial charge in [-0.2, -0.15) is 0 Å². The van der Waals surface area contributed by atoms with E-state index in [2.05, 4.69) is 5.32 Å². The molecule has 4 heteroatoms. The number of nitrogens with one attached hydrogen (secondary N) is 1. The summed E-state index contributed by atoms with van der Waals surface area (Å²) in [5.41, 5.74) is 1.77. The summed E-state index contributed by atoms with van der Waals surface area (Å²) in [7, 11) is 0. The molecule has 0 amide bonds. The van der Waals surface area contributed by atoms with Gasteiger partial charge in [0.2, 0.25) is 0 Å². The first-order valence-electron chi connectivity index (χ1n) is 5.35. The van der Waals surface area contributed by atoms with Crippen molar-refractivity contribution >= 4 is 22.9 Å². The van der Waals surface area contributed by atoms with E-state index >= 15 is 0 Å². The number of aryl methyl sites for hydroxylation is 1. The Labute approximate surface area is 109 Å². The molecule has 0 atom stereocenters. The predicted molar refractivity (Wildman–Crippen MR) is 71.0 cm³/mol. The van der Waals surface area contributed by atoms with Crippen molar-refractivity contribution in [3.05, 3.63) is 56.5 Å². The molecule has 90 valence electrons. The van der Waals surface area contributed by atoms with Gasteiger partial charge >= 0.3 is 0 Å². The zero-order valence-electron chi connectivity index (χ0n) is 9.47. The molecule has 0 aliphatic carbocycles. The maximum Gasteiger partial charge on any atom is 0.126 e. The third-order valence-corrected chi connectivity index (χ3v) is 3.71. The quantitative estimate of drug-likeness (QED) is 0.880. The van der Waals surface area contributed by atoms with E-state index in [-0.39, 0.29) is 5.82 Å². The molecule has 0 saturated heterocycles. The molecule has 2 rings (SSSR count). The fourth-order valence-electron chi connectivity index (χ4n) is 1.59. The van der Waals surface area contributed by atoms with Crippen LogP contribution in [0.2, 0.25) is 4.34 Å². The largest absolute Gasteiger partial charge is 0.308 e. The maximum atomic E-state index is 13.1. The van der Waals surface area contributed by atoms with Crippen LogP contribution < -0.4 is 5.32 Å². The van der Waals surface area contributed by atoms with Crippen LogP contribution in [0.5, 0.6) is 0 Å². The molecule has 1 nitrogen and oxygen atoms in total. The second-order valence-corrected chi connectivity index (χ2v) is 5.69. The van der Waals surface area contributed by atoms with Crippen molar-refractivity contribution in [2.45, 2.75) is 20.0 Å². The van der Waals surface area contributed by atoms with Crippen LogP contribution in [0.4, 0.5) is 4.39 Å². The lowest BCUT2D eigenvalue weighted by Crippen LogP contribution is -2.11. The zero-order valence-corrected chi connectivity index (χ0v) is 11.0. The van der Waals surface area contributed by atoms with Gasteiger partial charge < -0.3 is 5.32 Å². The number of hydrogen-bond donors (Lipinski definition) is 1. The van der Waals surface area contributed by atoms with Crippen molar-refractivity contribution in [1.29, 1.82) is 0 Å². The van der Waals surface area contributed by atoms with E-state index in [0.717, 1.165) is 23.0 Å². The van der Waals surface area contributed by atoms with Crippen LogP contribution in [0.15, 0.2) is 30.3 Å². The van der Waals surface area contributed by atoms with Gasteiger partial charge in [-0.25, -0.2) is 4.39 Å². The standard InChI is InChI=1S/C13H13ClFNS/c1-9-6-10(2-4-12(9)15)7-16-8-11-3-5-13(14)17-11/h2-6,16H,7-8H2,1H3. The molecule has 0 bridgehead atoms. The first kappa shape index (κ1) is 12.6. The molecule has 2 aromatic rings. The van der Waals surface area contributed by atoms with E-state index in [0.29, 0.717) is 5.56 Å². The van der Waals surface area contributed by atoms with Crippen molar-refractivity contribution in [2.24, 2.45) is 0 Å². The van der Waals surface area contributed by atoms with Gasteiger partial charge in [0.15, 0.2) is 0 Å². The smallest absolute Gasteiger partial charge is 0.126 e. The molecule has 0 aliphatic heterocycles. The van der Waals surface area contributed by atoms with Gasteiger partial charge in [0.05, 0.1) is 4.34 Å². The van der Waals surface area contributed by atoms with Crippen molar-refractivity contribution in [2.75, 3.05) is 0 Å². The molecule has 0 unspecified atom stereocenters. The molecule has 1 aromatic heterocycles. The number of rotatable bonds is 4. The first-order chi connectivity index (χ1) is 8.15. The predicted octanol–water partition coefficient (Wildman–Crippen LogP) is 4.14. The van der Waals surface area contributed by atoms with Gasteiger partial charge in [0.25, 0.3) is 0 Å². The average Bonchev–Trinajstić information content (AvgIpc) is 2.70. The van der Waals surface area contributed by atoms with Gasteiger partial charge in [-0.1, -0.05) is 23.7 Å². The van der Waals surface area contributed by atoms with Crippen molar-refractivity contribution in [3.8, 4) is 0 Å². The SMILES string of the molecule is Cc1cc(CNCc2ccc(Cl)s2)ccc1F. The highest BCUT2D eigenvalue weighted by molar-refractivity contribution is 7.16. The van der Waals surface area contributed by atoms with E-state index in [1.165, 1.54) is 10.9 Å². The molecule has 1 heterocycles. The molecule has 0 radical (unpaired) electrons. The summed E-state index contributed by atoms with van der Waals surface area (Å²) in [5, 5.41) is 3.31. The topological polar surface area (TPSA) is 12.0 Å². The second-order valence-electron chi connectivity index (χ2n) is 3.89. The molecule has 0 spiro atoms. The first-order valence-corrected chi connectivity index (χ1v) is 6.54. The summed E-state index contributed by atoms with van der Waals surface area (Å²) < 4.78 is 13.9. The highest BCUT2D eigenvalue weighted by Crippen LogP contribution is 2.21. The third-order valence-electron chi connectivity index (χ3n) is 2.48. The summed E-state index contributed by atoms with van der Waals surface area (Å²) in [4.78, 5) is 1.20. The Morgan fingerprint density at radius 2 is 2.06 bits per heavy atom. The van der Waals surface area contributed by atoms with Crippen LogP contribution in [0.3, 0.4) is 0 Å². The van der Waals surface area contributed by atoms with Gasteiger partial charge in [-0.05, 0) is 36.2 Å². The average molecular weight is 270 g/mol. The zero-order chi connectivity index (χ0) is 12.3. The van der Waals surface area contributed by atoms with Crippen LogP contribution in [0.25, 0.3) is 0 Å². The Kier molecular flexibility index (Phi) is 4.15. The lowest BCUT2D eigenvalue weighted by molar-refractivity contribution is 0.615. The fraction of sp³-hybridized carbons (Fsp3) is 0.231. The van der Waals surface area contributed by atoms with Crippen molar-refractivity contribution < 1.29 is 4.39 Å². The monoisotopic (exact) mass is 269 g/mol. The second kappa shape index (κ2) is 5.63. The maximum absolute atomic E-state index is 13.1. The van der Waals surface area contributed by atoms with Gasteiger partial charge in [-0.15, -0.1) is 11.3 Å². The number of hydrogen-bond acceptors (Lipinski definition) is 2. The Bertz CT molecular complexity index is 510. The van der Waals surface area contributed by atoms with Gasteiger partial charge in [0, 0.05) is 18.0 Å². The number of halogens is 2. The van der Waals surface area contributed by atoms with Crippen LogP contribution in [0, 0.1) is 12.7 Å². The minimum Gasteiger partial charge on any atom is -0.308 e. The molecule has 0 aliphatic rings. The minimum atomic E-state index is -0.154. The van der Waals surface area contributed by atoms with E-state index < -0.39 is 0 Å². The molecule has 0 fully saturated rings. The van der Waals surface area contributed by atoms with E-state index in [1.807, 2.05) is 18.2 Å². The highest BCUT2D eigenvalue weighted by Gasteiger charge is 2.00. The normalized spacial score (nSPS) is 10.8. The molecule has 1 N–H and O–H groups in total. The summed E-state index contributed by atoms with van der Waals surface area (Å²) in [5.74, 6) is -0.154. The molecule has 1 aromatic carbocycles. The van der Waals surface area contributed by atoms with Crippen molar-refractivity contribution in [1.82, 2.24) is 5.32 Å². The van der Waals surface area contributed by atoms with Crippen molar-refractivity contribution in [3.63, 3.8) is 0 Å². The van der Waals surface area contributed by atoms with Gasteiger partial charge in [-0.3, -0.25) is 0 Å². The molecule has 0 saturated carbocycles. The summed E-state index contributed by atoms with van der Waals surface area (Å²) >= 11 is 7.42. The van der Waals surface area contributed by atoms with E-state index in [1.54, 1.807) is 24.3 Å². The lowest BCUT2D eigenvalue weighted by Gasteiger charge is -2.05. The Balaban J connectivity index is 1.87. The summed E-state index contributed by atoms with van der Waals surface area (Å²) in [6.07, 6.45) is 0. The minimum absolute atomic E-state index is 0.154. The lowest BCUT2D eigenvalue weighted by atomic mass is 10.1. The van der Waals surface area contributed by atoms with Crippen LogP contribution in [0.1, 0.15) is 16.0 Å². The van der Waals surface area contributed by atoms with E-state index in [9.17, 15) is 4.39 Å². The Hall–Kier alpha value is -0.900. The molecular weight excluding hydrogens is 257 g/mol. The summed E-state index contributed by atoms with van der Waals surface area (Å²) in [6, 6.07) is 9.08. The highest BCUT2D eigenvalue weighted by atomic mass is 35.5. The molecular formula is C13H13ClFNS. The fourth-order valence-corrected chi connectivity index (χ4v) is 2.65. The van der Waals surface area contributed by atoms with Crippen LogP contribution in [-0.4, -0.2) is 0 Å². The van der Waals surface area contributed by atoms with Gasteiger partial charge in [0.1, 0.15) is 5.82 Å². The Morgan fingerprint density at radius 3 is 2.71 bits per heavy atom. The number of benzene rings is 1. The summed E-state index contributed by atoms with van der Waals surface area (Å²) in [6.45, 7) is 3.29.